The molecule has 2 heterocycles. The van der Waals surface area contributed by atoms with Crippen molar-refractivity contribution >= 4 is 50.2 Å². The number of anilines is 1. The molecule has 0 saturated heterocycles. The number of aromatic nitrogens is 1. The second kappa shape index (κ2) is 7.06. The summed E-state index contributed by atoms with van der Waals surface area (Å²) >= 11 is 7.03. The number of thiocarbonyl (C=S) groups is 1. The van der Waals surface area contributed by atoms with Gasteiger partial charge in [-0.15, -0.1) is 0 Å². The van der Waals surface area contributed by atoms with Gasteiger partial charge in [-0.05, 0) is 39.1 Å². The first-order valence-corrected chi connectivity index (χ1v) is 8.40. The Morgan fingerprint density at radius 1 is 1.41 bits per heavy atom. The van der Waals surface area contributed by atoms with Crippen molar-refractivity contribution in [2.75, 3.05) is 11.9 Å². The molecule has 0 bridgehead atoms. The third-order valence-corrected chi connectivity index (χ3v) is 5.49. The molecule has 2 aromatic rings. The molecule has 1 aliphatic heterocycles. The quantitative estimate of drug-likeness (QED) is 0.606. The van der Waals surface area contributed by atoms with Gasteiger partial charge in [-0.2, -0.15) is 4.57 Å². The van der Waals surface area contributed by atoms with Crippen LogP contribution in [-0.4, -0.2) is 11.8 Å². The lowest BCUT2D eigenvalue weighted by atomic mass is 10.1. The predicted octanol–water partition coefficient (Wildman–Crippen LogP) is 1.12. The Bertz CT molecular complexity index is 752. The van der Waals surface area contributed by atoms with Crippen LogP contribution in [0.2, 0.25) is 0 Å². The molecule has 3 rings (SSSR count). The van der Waals surface area contributed by atoms with Gasteiger partial charge in [0.1, 0.15) is 4.70 Å². The standard InChI is InChI=1S/C16H18N2OS2.BrH/c1-4-19-16(20)17-12-6-5-7-13-14(12)21-15-11(3)10(2)8-9-18(13)15;/h5-7H,4,8-9H2,1-3H3;1H. The van der Waals surface area contributed by atoms with Gasteiger partial charge in [0.2, 0.25) is 5.52 Å². The van der Waals surface area contributed by atoms with Crippen molar-refractivity contribution < 1.29 is 26.3 Å². The summed E-state index contributed by atoms with van der Waals surface area (Å²) in [5.74, 6) is 0. The summed E-state index contributed by atoms with van der Waals surface area (Å²) in [5, 5.41) is 5.00. The number of halogens is 1. The van der Waals surface area contributed by atoms with Crippen LogP contribution in [0.25, 0.3) is 15.8 Å². The number of thiazole rings is 1. The maximum atomic E-state index is 5.34. The minimum Gasteiger partial charge on any atom is -1.00 e. The van der Waals surface area contributed by atoms with Gasteiger partial charge < -0.3 is 27.0 Å². The molecule has 0 radical (unpaired) electrons. The van der Waals surface area contributed by atoms with Crippen LogP contribution in [-0.2, 0) is 11.3 Å². The predicted molar refractivity (Wildman–Crippen MR) is 92.8 cm³/mol. The minimum atomic E-state index is 0. The van der Waals surface area contributed by atoms with E-state index in [2.05, 4.69) is 41.9 Å². The Labute approximate surface area is 150 Å². The molecule has 0 saturated carbocycles. The molecular formula is C16H19BrN2OS2. The van der Waals surface area contributed by atoms with Gasteiger partial charge in [0.05, 0.1) is 12.3 Å². The molecule has 22 heavy (non-hydrogen) atoms. The number of aryl methyl sites for hydroxylation is 1. The molecule has 1 aliphatic rings. The molecule has 118 valence electrons. The molecule has 6 heteroatoms. The summed E-state index contributed by atoms with van der Waals surface area (Å²) in [6, 6.07) is 6.31. The van der Waals surface area contributed by atoms with Crippen molar-refractivity contribution in [2.24, 2.45) is 0 Å². The third kappa shape index (κ3) is 3.05. The van der Waals surface area contributed by atoms with E-state index in [1.165, 1.54) is 26.4 Å². The van der Waals surface area contributed by atoms with E-state index in [1.807, 2.05) is 18.3 Å². The van der Waals surface area contributed by atoms with Crippen LogP contribution in [0.4, 0.5) is 5.69 Å². The number of nitrogens with zero attached hydrogens (tertiary/aromatic N) is 1. The molecule has 0 spiro atoms. The van der Waals surface area contributed by atoms with Crippen molar-refractivity contribution in [2.45, 2.75) is 33.7 Å². The van der Waals surface area contributed by atoms with Crippen LogP contribution in [0.5, 0.6) is 0 Å². The number of allylic oxidation sites excluding steroid dienone is 2. The summed E-state index contributed by atoms with van der Waals surface area (Å²) < 4.78 is 9.00. The van der Waals surface area contributed by atoms with Crippen molar-refractivity contribution in [3.05, 3.63) is 28.8 Å². The average Bonchev–Trinajstić information content (AvgIpc) is 2.84. The van der Waals surface area contributed by atoms with Crippen molar-refractivity contribution in [1.82, 2.24) is 0 Å². The maximum Gasteiger partial charge on any atom is 0.265 e. The molecule has 0 amide bonds. The number of ether oxygens (including phenoxy) is 1. The van der Waals surface area contributed by atoms with E-state index in [-0.39, 0.29) is 17.0 Å². The molecule has 1 aromatic carbocycles. The van der Waals surface area contributed by atoms with Crippen molar-refractivity contribution in [3.63, 3.8) is 0 Å². The van der Waals surface area contributed by atoms with E-state index in [0.717, 1.165) is 18.7 Å². The van der Waals surface area contributed by atoms with Crippen LogP contribution in [0.1, 0.15) is 32.2 Å². The molecule has 0 atom stereocenters. The summed E-state index contributed by atoms with van der Waals surface area (Å²) in [5.41, 5.74) is 5.19. The van der Waals surface area contributed by atoms with Crippen LogP contribution < -0.4 is 26.9 Å². The molecule has 0 unspecified atom stereocenters. The van der Waals surface area contributed by atoms with Gasteiger partial charge in [-0.25, -0.2) is 0 Å². The first-order valence-electron chi connectivity index (χ1n) is 7.17. The number of fused-ring (bicyclic) bond motifs is 3. The highest BCUT2D eigenvalue weighted by Crippen LogP contribution is 2.34. The topological polar surface area (TPSA) is 25.1 Å². The lowest BCUT2D eigenvalue weighted by molar-refractivity contribution is -0.670. The first kappa shape index (κ1) is 17.4. The number of hydrogen-bond acceptors (Lipinski definition) is 3. The van der Waals surface area contributed by atoms with E-state index in [9.17, 15) is 0 Å². The Balaban J connectivity index is 0.00000176. The van der Waals surface area contributed by atoms with E-state index in [4.69, 9.17) is 17.0 Å². The summed E-state index contributed by atoms with van der Waals surface area (Å²) in [4.78, 5) is 0. The summed E-state index contributed by atoms with van der Waals surface area (Å²) in [6.45, 7) is 8.02. The normalized spacial score (nSPS) is 13.6. The summed E-state index contributed by atoms with van der Waals surface area (Å²) in [7, 11) is 0. The van der Waals surface area contributed by atoms with Crippen LogP contribution >= 0.6 is 23.6 Å². The van der Waals surface area contributed by atoms with Gasteiger partial charge in [0.25, 0.3) is 10.2 Å². The highest BCUT2D eigenvalue weighted by Gasteiger charge is 2.27. The molecule has 0 fully saturated rings. The molecular weight excluding hydrogens is 380 g/mol. The highest BCUT2D eigenvalue weighted by atomic mass is 79.9. The minimum absolute atomic E-state index is 0. The van der Waals surface area contributed by atoms with E-state index < -0.39 is 0 Å². The van der Waals surface area contributed by atoms with Gasteiger partial charge in [-0.1, -0.05) is 23.0 Å². The largest absolute Gasteiger partial charge is 1.00 e. The zero-order valence-corrected chi connectivity index (χ0v) is 16.1. The highest BCUT2D eigenvalue weighted by molar-refractivity contribution is 7.80. The first-order chi connectivity index (χ1) is 10.1. The zero-order valence-electron chi connectivity index (χ0n) is 12.9. The second-order valence-electron chi connectivity index (χ2n) is 5.21. The van der Waals surface area contributed by atoms with Crippen LogP contribution in [0.15, 0.2) is 23.8 Å². The number of hydrogen-bond donors (Lipinski definition) is 1. The Kier molecular flexibility index (Phi) is 5.58. The number of rotatable bonds is 2. The monoisotopic (exact) mass is 398 g/mol. The Hall–Kier alpha value is -0.980. The Morgan fingerprint density at radius 3 is 2.91 bits per heavy atom. The van der Waals surface area contributed by atoms with Crippen molar-refractivity contribution in [3.8, 4) is 0 Å². The SMILES string of the molecule is CCOC(=S)Nc1cccc2c1sc1[n+]2CCC(C)=C1C.[Br-]. The molecule has 1 aromatic heterocycles. The van der Waals surface area contributed by atoms with Crippen LogP contribution in [0.3, 0.4) is 0 Å². The fourth-order valence-electron chi connectivity index (χ4n) is 2.63. The second-order valence-corrected chi connectivity index (χ2v) is 6.58. The van der Waals surface area contributed by atoms with Crippen molar-refractivity contribution in [1.29, 1.82) is 0 Å². The van der Waals surface area contributed by atoms with Gasteiger partial charge in [0.15, 0.2) is 6.54 Å². The molecule has 1 N–H and O–H groups in total. The smallest absolute Gasteiger partial charge is 0.265 e. The fourth-order valence-corrected chi connectivity index (χ4v) is 4.19. The Morgan fingerprint density at radius 2 is 2.18 bits per heavy atom. The fraction of sp³-hybridized carbons (Fsp3) is 0.375. The maximum absolute atomic E-state index is 5.34. The van der Waals surface area contributed by atoms with Gasteiger partial charge in [-0.3, -0.25) is 0 Å². The average molecular weight is 399 g/mol. The van der Waals surface area contributed by atoms with E-state index in [1.54, 1.807) is 0 Å². The third-order valence-electron chi connectivity index (χ3n) is 3.91. The molecule has 3 nitrogen and oxygen atoms in total. The lowest BCUT2D eigenvalue weighted by Crippen LogP contribution is -3.00. The molecule has 0 aliphatic carbocycles. The van der Waals surface area contributed by atoms with E-state index >= 15 is 0 Å². The number of nitrogens with one attached hydrogen (secondary N) is 1. The van der Waals surface area contributed by atoms with E-state index in [0.29, 0.717) is 11.8 Å². The zero-order chi connectivity index (χ0) is 15.0. The van der Waals surface area contributed by atoms with Crippen LogP contribution in [0, 0.1) is 0 Å². The lowest BCUT2D eigenvalue weighted by Gasteiger charge is -2.09. The van der Waals surface area contributed by atoms with Gasteiger partial charge >= 0.3 is 0 Å². The van der Waals surface area contributed by atoms with Gasteiger partial charge in [0, 0.05) is 18.1 Å². The number of benzene rings is 1. The summed E-state index contributed by atoms with van der Waals surface area (Å²) in [6.07, 6.45) is 1.13.